The van der Waals surface area contributed by atoms with Crippen LogP contribution in [0, 0.1) is 0 Å². The molecule has 1 fully saturated rings. The first kappa shape index (κ1) is 19.9. The third-order valence-corrected chi connectivity index (χ3v) is 5.58. The Morgan fingerprint density at radius 1 is 0.800 bits per heavy atom. The number of nitrogens with one attached hydrogen (secondary N) is 1. The minimum absolute atomic E-state index is 0.0261. The van der Waals surface area contributed by atoms with Gasteiger partial charge in [0, 0.05) is 36.7 Å². The molecule has 0 saturated carbocycles. The van der Waals surface area contributed by atoms with Gasteiger partial charge in [0.1, 0.15) is 0 Å². The quantitative estimate of drug-likeness (QED) is 0.629. The molecule has 4 heteroatoms. The van der Waals surface area contributed by atoms with E-state index in [9.17, 15) is 9.59 Å². The fourth-order valence-electron chi connectivity index (χ4n) is 4.03. The molecule has 2 amide bonds. The molecule has 4 nitrogen and oxygen atoms in total. The molecule has 1 aliphatic heterocycles. The highest BCUT2D eigenvalue weighted by atomic mass is 16.2. The van der Waals surface area contributed by atoms with E-state index >= 15 is 0 Å². The number of amides is 2. The van der Waals surface area contributed by atoms with Gasteiger partial charge in [-0.05, 0) is 42.2 Å². The lowest BCUT2D eigenvalue weighted by Crippen LogP contribution is -2.27. The number of anilines is 1. The molecule has 0 unspecified atom stereocenters. The summed E-state index contributed by atoms with van der Waals surface area (Å²) in [6.07, 6.45) is 2.45. The highest BCUT2D eigenvalue weighted by Gasteiger charge is 2.21. The summed E-state index contributed by atoms with van der Waals surface area (Å²) in [4.78, 5) is 27.4. The summed E-state index contributed by atoms with van der Waals surface area (Å²) in [6.45, 7) is 1.62. The van der Waals surface area contributed by atoms with E-state index in [-0.39, 0.29) is 17.7 Å². The topological polar surface area (TPSA) is 49.4 Å². The number of hydrogen-bond donors (Lipinski definition) is 1. The van der Waals surface area contributed by atoms with E-state index in [4.69, 9.17) is 0 Å². The molecule has 0 atom stereocenters. The van der Waals surface area contributed by atoms with Crippen molar-refractivity contribution in [3.63, 3.8) is 0 Å². The molecular weight excluding hydrogens is 372 g/mol. The average molecular weight is 399 g/mol. The summed E-state index contributed by atoms with van der Waals surface area (Å²) in [5, 5.41) is 2.99. The Kier molecular flexibility index (Phi) is 6.23. The smallest absolute Gasteiger partial charge is 0.253 e. The maximum absolute atomic E-state index is 12.9. The molecule has 3 aromatic rings. The maximum Gasteiger partial charge on any atom is 0.253 e. The van der Waals surface area contributed by atoms with Crippen LogP contribution in [0.15, 0.2) is 84.9 Å². The SMILES string of the molecule is O=C(CC(c1ccccc1)c1ccccc1)Nc1cccc(C(=O)N2CCCC2)c1. The Labute approximate surface area is 177 Å². The molecule has 0 radical (unpaired) electrons. The summed E-state index contributed by atoms with van der Waals surface area (Å²) in [6, 6.07) is 27.4. The molecule has 1 aliphatic rings. The van der Waals surface area contributed by atoms with E-state index in [0.29, 0.717) is 17.7 Å². The Bertz CT molecular complexity index is 956. The molecule has 0 aromatic heterocycles. The molecular formula is C26H26N2O2. The van der Waals surface area contributed by atoms with Gasteiger partial charge in [-0.3, -0.25) is 9.59 Å². The number of hydrogen-bond acceptors (Lipinski definition) is 2. The van der Waals surface area contributed by atoms with Crippen molar-refractivity contribution in [2.24, 2.45) is 0 Å². The van der Waals surface area contributed by atoms with Gasteiger partial charge in [0.05, 0.1) is 0 Å². The van der Waals surface area contributed by atoms with Crippen LogP contribution in [0.5, 0.6) is 0 Å². The number of carbonyl (C=O) groups is 2. The highest BCUT2D eigenvalue weighted by molar-refractivity contribution is 5.97. The van der Waals surface area contributed by atoms with Crippen LogP contribution < -0.4 is 5.32 Å². The van der Waals surface area contributed by atoms with Crippen molar-refractivity contribution in [3.05, 3.63) is 102 Å². The van der Waals surface area contributed by atoms with Crippen molar-refractivity contribution in [1.82, 2.24) is 4.90 Å². The van der Waals surface area contributed by atoms with Crippen LogP contribution in [-0.2, 0) is 4.79 Å². The van der Waals surface area contributed by atoms with Crippen LogP contribution in [0.25, 0.3) is 0 Å². The first-order valence-electron chi connectivity index (χ1n) is 10.5. The molecule has 1 saturated heterocycles. The molecule has 0 bridgehead atoms. The van der Waals surface area contributed by atoms with Gasteiger partial charge in [0.2, 0.25) is 5.91 Å². The molecule has 1 N–H and O–H groups in total. The lowest BCUT2D eigenvalue weighted by atomic mass is 9.88. The summed E-state index contributed by atoms with van der Waals surface area (Å²) in [5.74, 6) is -0.0599. The van der Waals surface area contributed by atoms with Crippen LogP contribution in [0.4, 0.5) is 5.69 Å². The van der Waals surface area contributed by atoms with Gasteiger partial charge in [0.25, 0.3) is 5.91 Å². The van der Waals surface area contributed by atoms with Crippen molar-refractivity contribution in [1.29, 1.82) is 0 Å². The van der Waals surface area contributed by atoms with Crippen molar-refractivity contribution in [2.75, 3.05) is 18.4 Å². The number of likely N-dealkylation sites (tertiary alicyclic amines) is 1. The molecule has 152 valence electrons. The van der Waals surface area contributed by atoms with E-state index in [1.165, 1.54) is 0 Å². The van der Waals surface area contributed by atoms with Crippen molar-refractivity contribution in [3.8, 4) is 0 Å². The fourth-order valence-corrected chi connectivity index (χ4v) is 4.03. The lowest BCUT2D eigenvalue weighted by Gasteiger charge is -2.18. The van der Waals surface area contributed by atoms with E-state index < -0.39 is 0 Å². The van der Waals surface area contributed by atoms with Crippen molar-refractivity contribution < 1.29 is 9.59 Å². The van der Waals surface area contributed by atoms with Crippen molar-refractivity contribution >= 4 is 17.5 Å². The van der Waals surface area contributed by atoms with Crippen LogP contribution in [-0.4, -0.2) is 29.8 Å². The molecule has 1 heterocycles. The number of carbonyl (C=O) groups excluding carboxylic acids is 2. The lowest BCUT2D eigenvalue weighted by molar-refractivity contribution is -0.116. The second-order valence-corrected chi connectivity index (χ2v) is 7.71. The van der Waals surface area contributed by atoms with Gasteiger partial charge in [-0.15, -0.1) is 0 Å². The van der Waals surface area contributed by atoms with Crippen LogP contribution in [0.1, 0.15) is 46.7 Å². The molecule has 0 aliphatic carbocycles. The van der Waals surface area contributed by atoms with Gasteiger partial charge >= 0.3 is 0 Å². The van der Waals surface area contributed by atoms with Gasteiger partial charge in [-0.1, -0.05) is 66.7 Å². The Hall–Kier alpha value is -3.40. The standard InChI is InChI=1S/C26H26N2O2/c29-25(19-24(20-10-3-1-4-11-20)21-12-5-2-6-13-21)27-23-15-9-14-22(18-23)26(30)28-16-7-8-17-28/h1-6,9-15,18,24H,7-8,16-17,19H2,(H,27,29). The zero-order chi connectivity index (χ0) is 20.8. The van der Waals surface area contributed by atoms with Gasteiger partial charge in [-0.25, -0.2) is 0 Å². The van der Waals surface area contributed by atoms with Crippen molar-refractivity contribution in [2.45, 2.75) is 25.2 Å². The average Bonchev–Trinajstić information content (AvgIpc) is 3.33. The third kappa shape index (κ3) is 4.77. The molecule has 0 spiro atoms. The Morgan fingerprint density at radius 2 is 1.40 bits per heavy atom. The first-order valence-corrected chi connectivity index (χ1v) is 10.5. The van der Waals surface area contributed by atoms with Crippen LogP contribution in [0.2, 0.25) is 0 Å². The normalized spacial score (nSPS) is 13.4. The largest absolute Gasteiger partial charge is 0.339 e. The summed E-state index contributed by atoms with van der Waals surface area (Å²) in [7, 11) is 0. The minimum Gasteiger partial charge on any atom is -0.339 e. The highest BCUT2D eigenvalue weighted by Crippen LogP contribution is 2.28. The van der Waals surface area contributed by atoms with Crippen LogP contribution in [0.3, 0.4) is 0 Å². The minimum atomic E-state index is -0.0709. The Balaban J connectivity index is 1.49. The monoisotopic (exact) mass is 398 g/mol. The summed E-state index contributed by atoms with van der Waals surface area (Å²) < 4.78 is 0. The predicted molar refractivity (Wildman–Crippen MR) is 120 cm³/mol. The van der Waals surface area contributed by atoms with Gasteiger partial charge in [0.15, 0.2) is 0 Å². The molecule has 3 aromatic carbocycles. The number of nitrogens with zero attached hydrogens (tertiary/aromatic N) is 1. The zero-order valence-electron chi connectivity index (χ0n) is 17.0. The zero-order valence-corrected chi connectivity index (χ0v) is 17.0. The summed E-state index contributed by atoms with van der Waals surface area (Å²) in [5.41, 5.74) is 3.50. The second kappa shape index (κ2) is 9.40. The van der Waals surface area contributed by atoms with E-state index in [2.05, 4.69) is 29.6 Å². The molecule has 4 rings (SSSR count). The third-order valence-electron chi connectivity index (χ3n) is 5.58. The Morgan fingerprint density at radius 3 is 2.00 bits per heavy atom. The maximum atomic E-state index is 12.9. The first-order chi connectivity index (χ1) is 14.7. The predicted octanol–water partition coefficient (Wildman–Crippen LogP) is 5.08. The van der Waals surface area contributed by atoms with Crippen LogP contribution >= 0.6 is 0 Å². The van der Waals surface area contributed by atoms with E-state index in [1.807, 2.05) is 59.5 Å². The summed E-state index contributed by atoms with van der Waals surface area (Å²) >= 11 is 0. The van der Waals surface area contributed by atoms with Gasteiger partial charge in [-0.2, -0.15) is 0 Å². The van der Waals surface area contributed by atoms with E-state index in [0.717, 1.165) is 37.1 Å². The number of benzene rings is 3. The van der Waals surface area contributed by atoms with E-state index in [1.54, 1.807) is 6.07 Å². The molecule has 30 heavy (non-hydrogen) atoms. The van der Waals surface area contributed by atoms with Gasteiger partial charge < -0.3 is 10.2 Å². The second-order valence-electron chi connectivity index (χ2n) is 7.71. The number of rotatable bonds is 6. The fraction of sp³-hybridized carbons (Fsp3) is 0.231.